The molecule has 7 heteroatoms. The van der Waals surface area contributed by atoms with Crippen LogP contribution in [0.5, 0.6) is 5.75 Å². The van der Waals surface area contributed by atoms with Gasteiger partial charge in [0.25, 0.3) is 0 Å². The van der Waals surface area contributed by atoms with Crippen molar-refractivity contribution in [1.29, 1.82) is 0 Å². The second kappa shape index (κ2) is 9.89. The summed E-state index contributed by atoms with van der Waals surface area (Å²) in [5.41, 5.74) is 1.63. The molecule has 0 aliphatic heterocycles. The molecule has 0 unspecified atom stereocenters. The van der Waals surface area contributed by atoms with Gasteiger partial charge in [0.2, 0.25) is 0 Å². The number of ether oxygens (including phenoxy) is 1. The number of hydrogen-bond donors (Lipinski definition) is 2. The van der Waals surface area contributed by atoms with E-state index in [4.69, 9.17) is 9.16 Å². The molecule has 0 spiro atoms. The Morgan fingerprint density at radius 2 is 1.76 bits per heavy atom. The zero-order valence-corrected chi connectivity index (χ0v) is 19.4. The molecule has 158 valence electrons. The Morgan fingerprint density at radius 1 is 1.10 bits per heavy atom. The summed E-state index contributed by atoms with van der Waals surface area (Å²) in [4.78, 5) is 4.21. The third-order valence-corrected chi connectivity index (χ3v) is 10.2. The minimum absolute atomic E-state index is 0.0563. The van der Waals surface area contributed by atoms with Crippen LogP contribution in [0.2, 0.25) is 18.1 Å². The van der Waals surface area contributed by atoms with Crippen molar-refractivity contribution in [3.8, 4) is 5.75 Å². The first-order valence-corrected chi connectivity index (χ1v) is 13.1. The Morgan fingerprint density at radius 3 is 2.28 bits per heavy atom. The maximum absolute atomic E-state index is 9.26. The van der Waals surface area contributed by atoms with Crippen molar-refractivity contribution in [2.24, 2.45) is 0 Å². The van der Waals surface area contributed by atoms with Gasteiger partial charge in [-0.25, -0.2) is 0 Å². The topological polar surface area (TPSA) is 71.8 Å². The van der Waals surface area contributed by atoms with Gasteiger partial charge in [0.05, 0.1) is 6.10 Å². The highest BCUT2D eigenvalue weighted by atomic mass is 28.4. The van der Waals surface area contributed by atoms with E-state index in [0.29, 0.717) is 11.2 Å². The third kappa shape index (κ3) is 6.96. The molecule has 0 aliphatic rings. The van der Waals surface area contributed by atoms with Gasteiger partial charge in [-0.05, 0) is 67.1 Å². The molecule has 1 aromatic heterocycles. The third-order valence-electron chi connectivity index (χ3n) is 5.72. The molecule has 0 saturated carbocycles. The Balaban J connectivity index is 2.13. The summed E-state index contributed by atoms with van der Waals surface area (Å²) in [7, 11) is -3.45. The quantitative estimate of drug-likeness (QED) is 0.613. The van der Waals surface area contributed by atoms with Gasteiger partial charge < -0.3 is 19.2 Å². The summed E-state index contributed by atoms with van der Waals surface area (Å²) < 4.78 is 12.9. The molecule has 2 aromatic rings. The summed E-state index contributed by atoms with van der Waals surface area (Å²) in [6, 6.07) is 10.9. The summed E-state index contributed by atoms with van der Waals surface area (Å²) in [6.07, 6.45) is 5.19. The highest BCUT2D eigenvalue weighted by molar-refractivity contribution is 6.74. The molecule has 0 radical (unpaired) electrons. The largest absolute Gasteiger partial charge is 0.488 e. The molecule has 0 fully saturated rings. The Hall–Kier alpha value is -1.67. The zero-order chi connectivity index (χ0) is 21.7. The molecule has 0 bridgehead atoms. The maximum atomic E-state index is 9.26. The van der Waals surface area contributed by atoms with Gasteiger partial charge in [-0.2, -0.15) is 0 Å². The number of pyridine rings is 1. The van der Waals surface area contributed by atoms with E-state index in [1.54, 1.807) is 30.5 Å². The number of nitrogens with zero attached hydrogens (tertiary/aromatic N) is 1. The van der Waals surface area contributed by atoms with Gasteiger partial charge in [0, 0.05) is 12.4 Å². The lowest BCUT2D eigenvalue weighted by Gasteiger charge is -2.41. The lowest BCUT2D eigenvalue weighted by Crippen LogP contribution is -2.47. The van der Waals surface area contributed by atoms with E-state index in [1.165, 1.54) is 5.56 Å². The Kier molecular flexibility index (Phi) is 8.05. The van der Waals surface area contributed by atoms with Crippen LogP contribution >= 0.6 is 0 Å². The molecular formula is C22H34BNO4Si. The molecule has 0 aliphatic carbocycles. The zero-order valence-electron chi connectivity index (χ0n) is 18.4. The molecule has 29 heavy (non-hydrogen) atoms. The molecule has 1 aromatic carbocycles. The van der Waals surface area contributed by atoms with Gasteiger partial charge in [0.15, 0.2) is 8.32 Å². The van der Waals surface area contributed by atoms with Crippen LogP contribution in [0.25, 0.3) is 0 Å². The first-order valence-electron chi connectivity index (χ1n) is 10.2. The van der Waals surface area contributed by atoms with Crippen LogP contribution in [-0.2, 0) is 10.8 Å². The normalized spacial score (nSPS) is 14.3. The highest BCUT2D eigenvalue weighted by Gasteiger charge is 2.40. The fraction of sp³-hybridized carbons (Fsp3) is 0.500. The summed E-state index contributed by atoms with van der Waals surface area (Å²) in [6.45, 7) is 13.3. The van der Waals surface area contributed by atoms with Gasteiger partial charge in [-0.3, -0.25) is 4.98 Å². The van der Waals surface area contributed by atoms with E-state index < -0.39 is 15.4 Å². The average molecular weight is 415 g/mol. The van der Waals surface area contributed by atoms with Crippen LogP contribution in [-0.4, -0.2) is 42.7 Å². The minimum Gasteiger partial charge on any atom is -0.488 e. The number of hydrogen-bond acceptors (Lipinski definition) is 5. The van der Waals surface area contributed by atoms with Crippen LogP contribution in [0.1, 0.15) is 39.7 Å². The Labute approximate surface area is 176 Å². The second-order valence-corrected chi connectivity index (χ2v) is 13.8. The minimum atomic E-state index is -1.97. The van der Waals surface area contributed by atoms with Crippen molar-refractivity contribution in [2.75, 3.05) is 0 Å². The molecule has 1 heterocycles. The van der Waals surface area contributed by atoms with Gasteiger partial charge in [-0.1, -0.05) is 39.0 Å². The number of rotatable bonds is 9. The lowest BCUT2D eigenvalue weighted by molar-refractivity contribution is 0.0500. The number of benzene rings is 1. The monoisotopic (exact) mass is 415 g/mol. The molecule has 2 rings (SSSR count). The SMILES string of the molecule is C[C@H](Oc1ccc(B(O)O)cc1)[C@@H](CCc1cccnc1)O[Si](C)(C)C(C)(C)C. The fourth-order valence-electron chi connectivity index (χ4n) is 2.81. The van der Waals surface area contributed by atoms with Crippen molar-refractivity contribution < 1.29 is 19.2 Å². The van der Waals surface area contributed by atoms with Crippen LogP contribution in [0.4, 0.5) is 0 Å². The van der Waals surface area contributed by atoms with Crippen molar-refractivity contribution in [2.45, 2.75) is 70.9 Å². The van der Waals surface area contributed by atoms with Crippen LogP contribution in [0.15, 0.2) is 48.8 Å². The van der Waals surface area contributed by atoms with Crippen LogP contribution in [0.3, 0.4) is 0 Å². The molecular weight excluding hydrogens is 381 g/mol. The van der Waals surface area contributed by atoms with E-state index in [1.807, 2.05) is 19.2 Å². The van der Waals surface area contributed by atoms with Gasteiger partial charge in [-0.15, -0.1) is 0 Å². The summed E-state index contributed by atoms with van der Waals surface area (Å²) in [5, 5.41) is 18.6. The first kappa shape index (κ1) is 23.6. The van der Waals surface area contributed by atoms with Gasteiger partial charge in [0.1, 0.15) is 11.9 Å². The molecule has 5 nitrogen and oxygen atoms in total. The fourth-order valence-corrected chi connectivity index (χ4v) is 4.23. The summed E-state index contributed by atoms with van der Waals surface area (Å²) in [5.74, 6) is 0.687. The predicted octanol–water partition coefficient (Wildman–Crippen LogP) is 3.55. The molecule has 0 amide bonds. The van der Waals surface area contributed by atoms with E-state index in [2.05, 4.69) is 44.9 Å². The van der Waals surface area contributed by atoms with E-state index in [9.17, 15) is 10.0 Å². The first-order chi connectivity index (χ1) is 13.5. The van der Waals surface area contributed by atoms with E-state index >= 15 is 0 Å². The molecule has 2 atom stereocenters. The second-order valence-electron chi connectivity index (χ2n) is 9.08. The smallest absolute Gasteiger partial charge is 0.488 e. The Bertz CT molecular complexity index is 748. The van der Waals surface area contributed by atoms with Gasteiger partial charge >= 0.3 is 7.12 Å². The number of aromatic nitrogens is 1. The summed E-state index contributed by atoms with van der Waals surface area (Å²) >= 11 is 0. The van der Waals surface area contributed by atoms with Crippen LogP contribution < -0.4 is 10.2 Å². The average Bonchev–Trinajstić information content (AvgIpc) is 2.65. The van der Waals surface area contributed by atoms with Crippen molar-refractivity contribution in [3.63, 3.8) is 0 Å². The van der Waals surface area contributed by atoms with E-state index in [0.717, 1.165) is 12.8 Å². The van der Waals surface area contributed by atoms with Crippen molar-refractivity contribution >= 4 is 20.9 Å². The highest BCUT2D eigenvalue weighted by Crippen LogP contribution is 2.38. The molecule has 2 N–H and O–H groups in total. The number of aryl methyl sites for hydroxylation is 1. The van der Waals surface area contributed by atoms with Crippen molar-refractivity contribution in [1.82, 2.24) is 4.98 Å². The predicted molar refractivity (Wildman–Crippen MR) is 121 cm³/mol. The lowest BCUT2D eigenvalue weighted by atomic mass is 9.80. The van der Waals surface area contributed by atoms with Crippen molar-refractivity contribution in [3.05, 3.63) is 54.4 Å². The van der Waals surface area contributed by atoms with E-state index in [-0.39, 0.29) is 17.2 Å². The maximum Gasteiger partial charge on any atom is 0.488 e. The standard InChI is InChI=1S/C22H34BNO4Si/c1-17(27-20-12-10-19(11-13-20)23(25)26)21(28-29(5,6)22(2,3)4)14-9-18-8-7-15-24-16-18/h7-8,10-13,15-17,21,25-26H,9,14H2,1-6H3/t17-,21+/m0/s1. The molecule has 0 saturated heterocycles. The van der Waals surface area contributed by atoms with Crippen LogP contribution in [0, 0.1) is 0 Å².